The predicted molar refractivity (Wildman–Crippen MR) is 84.7 cm³/mol. The van der Waals surface area contributed by atoms with Gasteiger partial charge in [0.05, 0.1) is 0 Å². The number of aryl methyl sites for hydroxylation is 1. The van der Waals surface area contributed by atoms with E-state index in [1.807, 2.05) is 6.07 Å². The molecule has 0 heterocycles. The van der Waals surface area contributed by atoms with E-state index in [1.54, 1.807) is 12.1 Å². The summed E-state index contributed by atoms with van der Waals surface area (Å²) in [6, 6.07) is 13.8. The van der Waals surface area contributed by atoms with Crippen LogP contribution in [0.15, 0.2) is 46.9 Å². The second kappa shape index (κ2) is 5.57. The molecule has 0 unspecified atom stereocenters. The van der Waals surface area contributed by atoms with Crippen molar-refractivity contribution in [3.05, 3.63) is 63.9 Å². The van der Waals surface area contributed by atoms with Crippen LogP contribution in [0.2, 0.25) is 0 Å². The molecule has 1 fully saturated rings. The van der Waals surface area contributed by atoms with Gasteiger partial charge in [-0.3, -0.25) is 0 Å². The summed E-state index contributed by atoms with van der Waals surface area (Å²) >= 11 is 3.51. The number of nitrogens with one attached hydrogen (secondary N) is 1. The van der Waals surface area contributed by atoms with Crippen LogP contribution in [-0.2, 0) is 0 Å². The van der Waals surface area contributed by atoms with Gasteiger partial charge in [0.25, 0.3) is 0 Å². The SMILES string of the molecule is Cc1cc(NC2CC(c3cccc(F)c3)C2)ccc1Br. The normalized spacial score (nSPS) is 21.4. The second-order valence-corrected chi connectivity index (χ2v) is 6.38. The van der Waals surface area contributed by atoms with Crippen LogP contribution in [0.5, 0.6) is 0 Å². The lowest BCUT2D eigenvalue weighted by Crippen LogP contribution is -2.34. The van der Waals surface area contributed by atoms with Gasteiger partial charge in [0, 0.05) is 16.2 Å². The van der Waals surface area contributed by atoms with Crippen LogP contribution in [0.4, 0.5) is 10.1 Å². The fourth-order valence-corrected chi connectivity index (χ4v) is 2.99. The van der Waals surface area contributed by atoms with Crippen LogP contribution in [0.3, 0.4) is 0 Å². The van der Waals surface area contributed by atoms with Crippen molar-refractivity contribution in [1.82, 2.24) is 0 Å². The molecule has 1 nitrogen and oxygen atoms in total. The monoisotopic (exact) mass is 333 g/mol. The van der Waals surface area contributed by atoms with Gasteiger partial charge in [-0.25, -0.2) is 4.39 Å². The minimum Gasteiger partial charge on any atom is -0.382 e. The number of anilines is 1. The van der Waals surface area contributed by atoms with E-state index in [9.17, 15) is 4.39 Å². The summed E-state index contributed by atoms with van der Waals surface area (Å²) in [4.78, 5) is 0. The summed E-state index contributed by atoms with van der Waals surface area (Å²) in [7, 11) is 0. The molecular weight excluding hydrogens is 317 g/mol. The molecule has 2 aromatic rings. The largest absolute Gasteiger partial charge is 0.382 e. The van der Waals surface area contributed by atoms with Gasteiger partial charge in [0.15, 0.2) is 0 Å². The van der Waals surface area contributed by atoms with Crippen LogP contribution >= 0.6 is 15.9 Å². The molecule has 0 saturated heterocycles. The van der Waals surface area contributed by atoms with Crippen molar-refractivity contribution >= 4 is 21.6 Å². The van der Waals surface area contributed by atoms with Crippen molar-refractivity contribution in [3.63, 3.8) is 0 Å². The molecule has 0 bridgehead atoms. The highest BCUT2D eigenvalue weighted by molar-refractivity contribution is 9.10. The Hall–Kier alpha value is -1.35. The molecule has 3 heteroatoms. The molecule has 104 valence electrons. The number of hydrogen-bond acceptors (Lipinski definition) is 1. The van der Waals surface area contributed by atoms with Gasteiger partial charge in [0.1, 0.15) is 5.82 Å². The first-order valence-corrected chi connectivity index (χ1v) is 7.69. The predicted octanol–water partition coefficient (Wildman–Crippen LogP) is 5.25. The van der Waals surface area contributed by atoms with Crippen molar-refractivity contribution in [2.75, 3.05) is 5.32 Å². The first-order chi connectivity index (χ1) is 9.61. The van der Waals surface area contributed by atoms with Gasteiger partial charge < -0.3 is 5.32 Å². The smallest absolute Gasteiger partial charge is 0.123 e. The maximum Gasteiger partial charge on any atom is 0.123 e. The first-order valence-electron chi connectivity index (χ1n) is 6.90. The van der Waals surface area contributed by atoms with E-state index in [4.69, 9.17) is 0 Å². The molecular formula is C17H17BrFN. The Labute approximate surface area is 127 Å². The summed E-state index contributed by atoms with van der Waals surface area (Å²) in [6.07, 6.45) is 2.14. The molecule has 0 spiro atoms. The first kappa shape index (κ1) is 13.6. The zero-order chi connectivity index (χ0) is 14.1. The fraction of sp³-hybridized carbons (Fsp3) is 0.294. The number of hydrogen-bond donors (Lipinski definition) is 1. The van der Waals surface area contributed by atoms with Crippen molar-refractivity contribution in [1.29, 1.82) is 0 Å². The summed E-state index contributed by atoms with van der Waals surface area (Å²) in [5.41, 5.74) is 3.51. The van der Waals surface area contributed by atoms with E-state index in [1.165, 1.54) is 11.6 Å². The van der Waals surface area contributed by atoms with E-state index in [2.05, 4.69) is 46.4 Å². The molecule has 1 aliphatic rings. The lowest BCUT2D eigenvalue weighted by molar-refractivity contribution is 0.373. The average molecular weight is 334 g/mol. The Balaban J connectivity index is 1.59. The van der Waals surface area contributed by atoms with Gasteiger partial charge in [-0.2, -0.15) is 0 Å². The molecule has 1 N–H and O–H groups in total. The Kier molecular flexibility index (Phi) is 3.79. The quantitative estimate of drug-likeness (QED) is 0.808. The van der Waals surface area contributed by atoms with Crippen LogP contribution in [0, 0.1) is 12.7 Å². The molecule has 3 rings (SSSR count). The Morgan fingerprint density at radius 1 is 1.15 bits per heavy atom. The molecule has 1 saturated carbocycles. The van der Waals surface area contributed by atoms with E-state index in [-0.39, 0.29) is 5.82 Å². The lowest BCUT2D eigenvalue weighted by atomic mass is 9.76. The maximum absolute atomic E-state index is 13.2. The van der Waals surface area contributed by atoms with E-state index >= 15 is 0 Å². The molecule has 1 aliphatic carbocycles. The van der Waals surface area contributed by atoms with Gasteiger partial charge in [-0.05, 0) is 67.1 Å². The summed E-state index contributed by atoms with van der Waals surface area (Å²) in [5, 5.41) is 3.55. The Morgan fingerprint density at radius 3 is 2.65 bits per heavy atom. The minimum absolute atomic E-state index is 0.137. The van der Waals surface area contributed by atoms with Gasteiger partial charge in [-0.15, -0.1) is 0 Å². The average Bonchev–Trinajstić information content (AvgIpc) is 2.37. The highest BCUT2D eigenvalue weighted by atomic mass is 79.9. The molecule has 0 atom stereocenters. The highest BCUT2D eigenvalue weighted by Crippen LogP contribution is 2.38. The van der Waals surface area contributed by atoms with E-state index < -0.39 is 0 Å². The number of rotatable bonds is 3. The standard InChI is InChI=1S/C17H17BrFN/c1-11-7-15(5-6-17(11)18)20-16-9-13(10-16)12-3-2-4-14(19)8-12/h2-8,13,16,20H,9-10H2,1H3. The molecule has 20 heavy (non-hydrogen) atoms. The van der Waals surface area contributed by atoms with Crippen LogP contribution in [0.25, 0.3) is 0 Å². The zero-order valence-electron chi connectivity index (χ0n) is 11.4. The summed E-state index contributed by atoms with van der Waals surface area (Å²) in [6.45, 7) is 2.09. The highest BCUT2D eigenvalue weighted by Gasteiger charge is 2.30. The van der Waals surface area contributed by atoms with Crippen molar-refractivity contribution < 1.29 is 4.39 Å². The van der Waals surface area contributed by atoms with Crippen molar-refractivity contribution in [2.24, 2.45) is 0 Å². The molecule has 0 aromatic heterocycles. The summed E-state index contributed by atoms with van der Waals surface area (Å²) < 4.78 is 14.3. The Morgan fingerprint density at radius 2 is 1.95 bits per heavy atom. The number of benzene rings is 2. The topological polar surface area (TPSA) is 12.0 Å². The van der Waals surface area contributed by atoms with Crippen molar-refractivity contribution in [2.45, 2.75) is 31.7 Å². The van der Waals surface area contributed by atoms with E-state index in [0.717, 1.165) is 28.6 Å². The van der Waals surface area contributed by atoms with Gasteiger partial charge in [-0.1, -0.05) is 28.1 Å². The third-order valence-corrected chi connectivity index (χ3v) is 4.88. The van der Waals surface area contributed by atoms with Crippen molar-refractivity contribution in [3.8, 4) is 0 Å². The third-order valence-electron chi connectivity index (χ3n) is 3.99. The maximum atomic E-state index is 13.2. The fourth-order valence-electron chi connectivity index (χ4n) is 2.74. The second-order valence-electron chi connectivity index (χ2n) is 5.53. The summed E-state index contributed by atoms with van der Waals surface area (Å²) in [5.74, 6) is 0.349. The third kappa shape index (κ3) is 2.88. The lowest BCUT2D eigenvalue weighted by Gasteiger charge is -2.37. The molecule has 0 amide bonds. The van der Waals surface area contributed by atoms with Crippen LogP contribution in [-0.4, -0.2) is 6.04 Å². The van der Waals surface area contributed by atoms with E-state index in [0.29, 0.717) is 12.0 Å². The van der Waals surface area contributed by atoms with Gasteiger partial charge >= 0.3 is 0 Å². The zero-order valence-corrected chi connectivity index (χ0v) is 13.0. The van der Waals surface area contributed by atoms with Crippen LogP contribution < -0.4 is 5.32 Å². The van der Waals surface area contributed by atoms with Gasteiger partial charge in [0.2, 0.25) is 0 Å². The van der Waals surface area contributed by atoms with Crippen LogP contribution in [0.1, 0.15) is 29.9 Å². The minimum atomic E-state index is -0.137. The Bertz CT molecular complexity index is 620. The number of halogens is 2. The molecule has 0 aliphatic heterocycles. The molecule has 2 aromatic carbocycles. The molecule has 0 radical (unpaired) electrons.